The van der Waals surface area contributed by atoms with Crippen molar-refractivity contribution in [3.05, 3.63) is 11.6 Å². The van der Waals surface area contributed by atoms with E-state index < -0.39 is 0 Å². The maximum atomic E-state index is 5.38. The van der Waals surface area contributed by atoms with Gasteiger partial charge in [0.05, 0.1) is 13.2 Å². The van der Waals surface area contributed by atoms with Crippen LogP contribution in [0.25, 0.3) is 0 Å². The van der Waals surface area contributed by atoms with Crippen molar-refractivity contribution < 1.29 is 4.74 Å². The van der Waals surface area contributed by atoms with Crippen LogP contribution in [0.3, 0.4) is 0 Å². The Morgan fingerprint density at radius 1 is 1.10 bits per heavy atom. The van der Waals surface area contributed by atoms with Gasteiger partial charge < -0.3 is 10.1 Å². The van der Waals surface area contributed by atoms with Crippen molar-refractivity contribution >= 4 is 0 Å². The van der Waals surface area contributed by atoms with Crippen molar-refractivity contribution in [2.24, 2.45) is 0 Å². The van der Waals surface area contributed by atoms with Crippen molar-refractivity contribution in [3.8, 4) is 0 Å². The fraction of sp³-hybridized carbons (Fsp3) is 0.875. The summed E-state index contributed by atoms with van der Waals surface area (Å²) < 4.78 is 5.38. The van der Waals surface area contributed by atoms with E-state index in [2.05, 4.69) is 35.0 Å². The Balaban J connectivity index is 1.54. The summed E-state index contributed by atoms with van der Waals surface area (Å²) in [5.74, 6) is 0. The summed E-state index contributed by atoms with van der Waals surface area (Å²) in [4.78, 5) is 5.06. The van der Waals surface area contributed by atoms with Crippen LogP contribution in [0.4, 0.5) is 0 Å². The highest BCUT2D eigenvalue weighted by atomic mass is 16.5. The Morgan fingerprint density at radius 3 is 2.45 bits per heavy atom. The second-order valence-electron chi connectivity index (χ2n) is 6.26. The minimum absolute atomic E-state index is 0.721. The summed E-state index contributed by atoms with van der Waals surface area (Å²) in [6.45, 7) is 14.3. The molecule has 0 amide bonds. The molecule has 0 radical (unpaired) electrons. The number of likely N-dealkylation sites (tertiary alicyclic amines) is 1. The summed E-state index contributed by atoms with van der Waals surface area (Å²) in [7, 11) is 0. The van der Waals surface area contributed by atoms with Crippen molar-refractivity contribution in [2.45, 2.75) is 32.7 Å². The average molecular weight is 281 g/mol. The first-order chi connectivity index (χ1) is 9.74. The first-order valence-corrected chi connectivity index (χ1v) is 8.13. The number of allylic oxidation sites excluding steroid dienone is 1. The number of hydrogen-bond donors (Lipinski definition) is 1. The number of ether oxygens (including phenoxy) is 1. The van der Waals surface area contributed by atoms with Crippen LogP contribution in [-0.4, -0.2) is 74.9 Å². The highest BCUT2D eigenvalue weighted by Gasteiger charge is 2.18. The van der Waals surface area contributed by atoms with E-state index in [1.165, 1.54) is 38.0 Å². The maximum Gasteiger partial charge on any atom is 0.0594 e. The molecule has 4 nitrogen and oxygen atoms in total. The van der Waals surface area contributed by atoms with Crippen LogP contribution in [0.5, 0.6) is 0 Å². The summed E-state index contributed by atoms with van der Waals surface area (Å²) in [5, 5.41) is 3.73. The molecule has 20 heavy (non-hydrogen) atoms. The van der Waals surface area contributed by atoms with Crippen LogP contribution in [0.1, 0.15) is 26.7 Å². The molecule has 2 fully saturated rings. The van der Waals surface area contributed by atoms with Gasteiger partial charge in [0, 0.05) is 38.8 Å². The number of hydrogen-bond acceptors (Lipinski definition) is 4. The van der Waals surface area contributed by atoms with Gasteiger partial charge in [0.2, 0.25) is 0 Å². The van der Waals surface area contributed by atoms with E-state index in [0.717, 1.165) is 45.4 Å². The molecular weight excluding hydrogens is 250 g/mol. The second kappa shape index (κ2) is 8.78. The third-order valence-corrected chi connectivity index (χ3v) is 4.31. The van der Waals surface area contributed by atoms with Gasteiger partial charge in [-0.2, -0.15) is 0 Å². The molecule has 0 aromatic carbocycles. The largest absolute Gasteiger partial charge is 0.379 e. The number of morpholine rings is 1. The molecule has 0 unspecified atom stereocenters. The number of rotatable bonds is 6. The summed E-state index contributed by atoms with van der Waals surface area (Å²) in [6.07, 6.45) is 4.92. The van der Waals surface area contributed by atoms with Gasteiger partial charge in [-0.15, -0.1) is 0 Å². The number of nitrogens with one attached hydrogen (secondary N) is 1. The Labute approximate surface area is 124 Å². The highest BCUT2D eigenvalue weighted by Crippen LogP contribution is 2.10. The molecule has 0 aliphatic carbocycles. The van der Waals surface area contributed by atoms with Crippen LogP contribution in [0, 0.1) is 0 Å². The van der Waals surface area contributed by atoms with E-state index in [4.69, 9.17) is 4.74 Å². The Kier molecular flexibility index (Phi) is 7.00. The van der Waals surface area contributed by atoms with Gasteiger partial charge in [0.1, 0.15) is 0 Å². The maximum absolute atomic E-state index is 5.38. The minimum atomic E-state index is 0.721. The molecule has 2 aliphatic rings. The molecule has 116 valence electrons. The topological polar surface area (TPSA) is 27.7 Å². The molecular formula is C16H31N3O. The SMILES string of the molecule is CC(C)=CCN1CCC(NCCN2CCOCC2)CC1. The van der Waals surface area contributed by atoms with Crippen LogP contribution >= 0.6 is 0 Å². The Hall–Kier alpha value is -0.420. The molecule has 1 N–H and O–H groups in total. The second-order valence-corrected chi connectivity index (χ2v) is 6.26. The van der Waals surface area contributed by atoms with Gasteiger partial charge in [-0.05, 0) is 39.8 Å². The Bertz CT molecular complexity index is 288. The molecule has 0 atom stereocenters. The lowest BCUT2D eigenvalue weighted by atomic mass is 10.0. The van der Waals surface area contributed by atoms with Crippen LogP contribution in [0.15, 0.2) is 11.6 Å². The lowest BCUT2D eigenvalue weighted by Gasteiger charge is -2.33. The number of piperidine rings is 1. The zero-order valence-electron chi connectivity index (χ0n) is 13.2. The van der Waals surface area contributed by atoms with Crippen molar-refractivity contribution in [1.82, 2.24) is 15.1 Å². The summed E-state index contributed by atoms with van der Waals surface area (Å²) in [6, 6.07) is 0.721. The average Bonchev–Trinajstić information content (AvgIpc) is 2.47. The van der Waals surface area contributed by atoms with Gasteiger partial charge in [0.15, 0.2) is 0 Å². The zero-order valence-corrected chi connectivity index (χ0v) is 13.2. The molecule has 0 spiro atoms. The van der Waals surface area contributed by atoms with E-state index in [-0.39, 0.29) is 0 Å². The van der Waals surface area contributed by atoms with E-state index in [9.17, 15) is 0 Å². The normalized spacial score (nSPS) is 22.9. The Morgan fingerprint density at radius 2 is 1.80 bits per heavy atom. The fourth-order valence-corrected chi connectivity index (χ4v) is 2.88. The van der Waals surface area contributed by atoms with E-state index in [0.29, 0.717) is 0 Å². The first kappa shape index (κ1) is 16.0. The fourth-order valence-electron chi connectivity index (χ4n) is 2.88. The van der Waals surface area contributed by atoms with Crippen molar-refractivity contribution in [3.63, 3.8) is 0 Å². The van der Waals surface area contributed by atoms with Crippen LogP contribution in [-0.2, 0) is 4.74 Å². The smallest absolute Gasteiger partial charge is 0.0594 e. The predicted octanol–water partition coefficient (Wildman–Crippen LogP) is 1.34. The molecule has 0 aromatic heterocycles. The molecule has 4 heteroatoms. The van der Waals surface area contributed by atoms with Crippen molar-refractivity contribution in [1.29, 1.82) is 0 Å². The third-order valence-electron chi connectivity index (χ3n) is 4.31. The van der Waals surface area contributed by atoms with E-state index in [1.54, 1.807) is 0 Å². The molecule has 0 bridgehead atoms. The van der Waals surface area contributed by atoms with Crippen molar-refractivity contribution in [2.75, 3.05) is 59.0 Å². The minimum Gasteiger partial charge on any atom is -0.379 e. The van der Waals surface area contributed by atoms with Gasteiger partial charge in [-0.3, -0.25) is 9.80 Å². The van der Waals surface area contributed by atoms with Crippen LogP contribution in [0.2, 0.25) is 0 Å². The van der Waals surface area contributed by atoms with E-state index in [1.807, 2.05) is 0 Å². The molecule has 0 aromatic rings. The molecule has 2 saturated heterocycles. The summed E-state index contributed by atoms with van der Waals surface area (Å²) in [5.41, 5.74) is 1.43. The molecule has 2 aliphatic heterocycles. The first-order valence-electron chi connectivity index (χ1n) is 8.13. The van der Waals surface area contributed by atoms with E-state index >= 15 is 0 Å². The van der Waals surface area contributed by atoms with Gasteiger partial charge in [0.25, 0.3) is 0 Å². The van der Waals surface area contributed by atoms with Gasteiger partial charge >= 0.3 is 0 Å². The van der Waals surface area contributed by atoms with Gasteiger partial charge in [-0.25, -0.2) is 0 Å². The van der Waals surface area contributed by atoms with Crippen LogP contribution < -0.4 is 5.32 Å². The lowest BCUT2D eigenvalue weighted by molar-refractivity contribution is 0.0378. The monoisotopic (exact) mass is 281 g/mol. The third kappa shape index (κ3) is 5.92. The number of nitrogens with zero attached hydrogens (tertiary/aromatic N) is 2. The summed E-state index contributed by atoms with van der Waals surface area (Å²) >= 11 is 0. The zero-order chi connectivity index (χ0) is 14.2. The highest BCUT2D eigenvalue weighted by molar-refractivity contribution is 4.95. The lowest BCUT2D eigenvalue weighted by Crippen LogP contribution is -2.46. The molecule has 2 heterocycles. The standard InChI is InChI=1S/C16H31N3O/c1-15(2)3-7-18-8-4-16(5-9-18)17-6-10-19-11-13-20-14-12-19/h3,16-17H,4-14H2,1-2H3. The van der Waals surface area contributed by atoms with Gasteiger partial charge in [-0.1, -0.05) is 11.6 Å². The quantitative estimate of drug-likeness (QED) is 0.744. The molecule has 0 saturated carbocycles. The molecule has 2 rings (SSSR count). The predicted molar refractivity (Wildman–Crippen MR) is 84.2 cm³/mol.